The molecule has 0 aromatic heterocycles. The van der Waals surface area contributed by atoms with Crippen molar-refractivity contribution in [2.75, 3.05) is 32.1 Å². The monoisotopic (exact) mass is 319 g/mol. The minimum absolute atomic E-state index is 0.171. The van der Waals surface area contributed by atoms with Crippen LogP contribution in [-0.2, 0) is 0 Å². The van der Waals surface area contributed by atoms with E-state index in [9.17, 15) is 4.79 Å². The second kappa shape index (κ2) is 8.20. The molecular weight excluding hydrogens is 290 g/mol. The van der Waals surface area contributed by atoms with Gasteiger partial charge < -0.3 is 20.3 Å². The molecule has 1 heterocycles. The van der Waals surface area contributed by atoms with Crippen molar-refractivity contribution in [2.24, 2.45) is 5.92 Å². The van der Waals surface area contributed by atoms with Crippen LogP contribution in [0.2, 0.25) is 0 Å². The Labute approximate surface area is 139 Å². The lowest BCUT2D eigenvalue weighted by atomic mass is 9.97. The topological polar surface area (TPSA) is 53.6 Å². The van der Waals surface area contributed by atoms with Gasteiger partial charge in [0.05, 0.1) is 12.8 Å². The molecule has 0 radical (unpaired) electrons. The van der Waals surface area contributed by atoms with Crippen molar-refractivity contribution in [1.82, 2.24) is 10.2 Å². The van der Waals surface area contributed by atoms with Crippen LogP contribution in [0.4, 0.5) is 10.5 Å². The summed E-state index contributed by atoms with van der Waals surface area (Å²) in [4.78, 5) is 14.6. The van der Waals surface area contributed by atoms with Crippen LogP contribution in [0.15, 0.2) is 18.2 Å². The minimum atomic E-state index is -0.171. The molecule has 2 N–H and O–H groups in total. The maximum absolute atomic E-state index is 12.2. The summed E-state index contributed by atoms with van der Waals surface area (Å²) in [6.45, 7) is 9.39. The first kappa shape index (κ1) is 17.6. The highest BCUT2D eigenvalue weighted by Gasteiger charge is 2.22. The van der Waals surface area contributed by atoms with Gasteiger partial charge in [0, 0.05) is 19.1 Å². The zero-order chi connectivity index (χ0) is 16.8. The zero-order valence-corrected chi connectivity index (χ0v) is 14.7. The summed E-state index contributed by atoms with van der Waals surface area (Å²) in [5, 5.41) is 5.89. The Kier molecular flexibility index (Phi) is 6.28. The third-order valence-corrected chi connectivity index (χ3v) is 4.44. The maximum atomic E-state index is 12.2. The third-order valence-electron chi connectivity index (χ3n) is 4.44. The number of anilines is 1. The Bertz CT molecular complexity index is 531. The SMILES string of the molecule is COc1ccc(C)cc1NC(=O)NC[C@@H]1CCCN(C(C)C)C1. The number of carbonyl (C=O) groups excluding carboxylic acids is 1. The number of piperidine rings is 1. The van der Waals surface area contributed by atoms with Crippen LogP contribution < -0.4 is 15.4 Å². The van der Waals surface area contributed by atoms with Crippen LogP contribution in [0, 0.1) is 12.8 Å². The molecule has 0 saturated carbocycles. The van der Waals surface area contributed by atoms with Crippen LogP contribution in [0.25, 0.3) is 0 Å². The van der Waals surface area contributed by atoms with Gasteiger partial charge in [-0.15, -0.1) is 0 Å². The normalized spacial score (nSPS) is 18.7. The average molecular weight is 319 g/mol. The summed E-state index contributed by atoms with van der Waals surface area (Å²) in [6.07, 6.45) is 2.38. The number of urea groups is 1. The van der Waals surface area contributed by atoms with Gasteiger partial charge in [0.15, 0.2) is 0 Å². The van der Waals surface area contributed by atoms with E-state index in [2.05, 4.69) is 29.4 Å². The molecule has 1 aliphatic heterocycles. The highest BCUT2D eigenvalue weighted by atomic mass is 16.5. The predicted octanol–water partition coefficient (Wildman–Crippen LogP) is 3.25. The number of hydrogen-bond acceptors (Lipinski definition) is 3. The minimum Gasteiger partial charge on any atom is -0.495 e. The highest BCUT2D eigenvalue weighted by molar-refractivity contribution is 5.91. The number of rotatable bonds is 5. The molecule has 2 amide bonds. The Morgan fingerprint density at radius 2 is 2.22 bits per heavy atom. The maximum Gasteiger partial charge on any atom is 0.319 e. The number of aryl methyl sites for hydroxylation is 1. The fourth-order valence-electron chi connectivity index (χ4n) is 3.06. The smallest absolute Gasteiger partial charge is 0.319 e. The summed E-state index contributed by atoms with van der Waals surface area (Å²) < 4.78 is 5.29. The Morgan fingerprint density at radius 1 is 1.43 bits per heavy atom. The molecule has 23 heavy (non-hydrogen) atoms. The van der Waals surface area contributed by atoms with Crippen molar-refractivity contribution < 1.29 is 9.53 Å². The average Bonchev–Trinajstić information content (AvgIpc) is 2.53. The van der Waals surface area contributed by atoms with Gasteiger partial charge >= 0.3 is 6.03 Å². The standard InChI is InChI=1S/C18H29N3O2/c1-13(2)21-9-5-6-15(12-21)11-19-18(22)20-16-10-14(3)7-8-17(16)23-4/h7-8,10,13,15H,5-6,9,11-12H2,1-4H3,(H2,19,20,22)/t15-/m0/s1. The van der Waals surface area contributed by atoms with E-state index in [1.807, 2.05) is 25.1 Å². The lowest BCUT2D eigenvalue weighted by molar-refractivity contribution is 0.139. The molecule has 0 bridgehead atoms. The number of amides is 2. The molecule has 1 aromatic rings. The number of benzene rings is 1. The van der Waals surface area contributed by atoms with Gasteiger partial charge in [-0.1, -0.05) is 6.07 Å². The van der Waals surface area contributed by atoms with E-state index in [0.717, 1.165) is 12.1 Å². The van der Waals surface area contributed by atoms with Crippen LogP contribution >= 0.6 is 0 Å². The lowest BCUT2D eigenvalue weighted by Crippen LogP contribution is -2.44. The van der Waals surface area contributed by atoms with Crippen LogP contribution in [-0.4, -0.2) is 43.7 Å². The zero-order valence-electron chi connectivity index (χ0n) is 14.7. The second-order valence-electron chi connectivity index (χ2n) is 6.64. The first-order chi connectivity index (χ1) is 11.0. The van der Waals surface area contributed by atoms with E-state index in [-0.39, 0.29) is 6.03 Å². The number of carbonyl (C=O) groups is 1. The fraction of sp³-hybridized carbons (Fsp3) is 0.611. The number of ether oxygens (including phenoxy) is 1. The van der Waals surface area contributed by atoms with Gasteiger partial charge in [-0.2, -0.15) is 0 Å². The quantitative estimate of drug-likeness (QED) is 0.876. The Morgan fingerprint density at radius 3 is 2.91 bits per heavy atom. The molecule has 1 atom stereocenters. The molecule has 0 spiro atoms. The van der Waals surface area contributed by atoms with Crippen molar-refractivity contribution >= 4 is 11.7 Å². The van der Waals surface area contributed by atoms with E-state index in [4.69, 9.17) is 4.74 Å². The van der Waals surface area contributed by atoms with E-state index in [1.165, 1.54) is 19.4 Å². The molecule has 1 aliphatic rings. The van der Waals surface area contributed by atoms with E-state index in [0.29, 0.717) is 29.9 Å². The molecule has 5 nitrogen and oxygen atoms in total. The van der Waals surface area contributed by atoms with Gasteiger partial charge in [0.25, 0.3) is 0 Å². The Balaban J connectivity index is 1.84. The van der Waals surface area contributed by atoms with Gasteiger partial charge in [0.1, 0.15) is 5.75 Å². The van der Waals surface area contributed by atoms with Gasteiger partial charge in [0.2, 0.25) is 0 Å². The number of nitrogens with one attached hydrogen (secondary N) is 2. The summed E-state index contributed by atoms with van der Waals surface area (Å²) in [6, 6.07) is 6.15. The summed E-state index contributed by atoms with van der Waals surface area (Å²) >= 11 is 0. The lowest BCUT2D eigenvalue weighted by Gasteiger charge is -2.35. The van der Waals surface area contributed by atoms with Crippen LogP contribution in [0.5, 0.6) is 5.75 Å². The number of likely N-dealkylation sites (tertiary alicyclic amines) is 1. The van der Waals surface area contributed by atoms with E-state index in [1.54, 1.807) is 7.11 Å². The molecule has 0 unspecified atom stereocenters. The van der Waals surface area contributed by atoms with Crippen molar-refractivity contribution in [3.63, 3.8) is 0 Å². The molecule has 1 aromatic carbocycles. The molecule has 5 heteroatoms. The number of methoxy groups -OCH3 is 1. The highest BCUT2D eigenvalue weighted by Crippen LogP contribution is 2.25. The van der Waals surface area contributed by atoms with E-state index >= 15 is 0 Å². The molecule has 1 fully saturated rings. The van der Waals surface area contributed by atoms with Gasteiger partial charge in [-0.05, 0) is 63.8 Å². The number of hydrogen-bond donors (Lipinski definition) is 2. The first-order valence-electron chi connectivity index (χ1n) is 8.43. The van der Waals surface area contributed by atoms with Crippen molar-refractivity contribution in [2.45, 2.75) is 39.7 Å². The second-order valence-corrected chi connectivity index (χ2v) is 6.64. The van der Waals surface area contributed by atoms with Gasteiger partial charge in [-0.25, -0.2) is 4.79 Å². The molecular formula is C18H29N3O2. The first-order valence-corrected chi connectivity index (χ1v) is 8.43. The van der Waals surface area contributed by atoms with Crippen molar-refractivity contribution in [3.05, 3.63) is 23.8 Å². The number of nitrogens with zero attached hydrogens (tertiary/aromatic N) is 1. The van der Waals surface area contributed by atoms with Crippen LogP contribution in [0.1, 0.15) is 32.3 Å². The summed E-state index contributed by atoms with van der Waals surface area (Å²) in [5.74, 6) is 1.20. The van der Waals surface area contributed by atoms with E-state index < -0.39 is 0 Å². The third kappa shape index (κ3) is 5.13. The molecule has 0 aliphatic carbocycles. The molecule has 1 saturated heterocycles. The summed E-state index contributed by atoms with van der Waals surface area (Å²) in [7, 11) is 1.61. The van der Waals surface area contributed by atoms with Crippen LogP contribution in [0.3, 0.4) is 0 Å². The molecule has 2 rings (SSSR count). The fourth-order valence-corrected chi connectivity index (χ4v) is 3.06. The van der Waals surface area contributed by atoms with Crippen molar-refractivity contribution in [1.29, 1.82) is 0 Å². The van der Waals surface area contributed by atoms with Gasteiger partial charge in [-0.3, -0.25) is 0 Å². The largest absolute Gasteiger partial charge is 0.495 e. The predicted molar refractivity (Wildman–Crippen MR) is 94.2 cm³/mol. The molecule has 128 valence electrons. The van der Waals surface area contributed by atoms with Crippen molar-refractivity contribution in [3.8, 4) is 5.75 Å². The summed E-state index contributed by atoms with van der Waals surface area (Å²) in [5.41, 5.74) is 1.79. The Hall–Kier alpha value is -1.75.